The van der Waals surface area contributed by atoms with Gasteiger partial charge in [-0.2, -0.15) is 0 Å². The zero-order chi connectivity index (χ0) is 56.3. The zero-order valence-corrected chi connectivity index (χ0v) is 48.1. The first-order valence-electron chi connectivity index (χ1n) is 28.0. The molecule has 4 aliphatic rings. The van der Waals surface area contributed by atoms with Crippen LogP contribution in [0.2, 0.25) is 15.1 Å². The molecule has 2 spiro atoms. The molecule has 82 heavy (non-hydrogen) atoms. The van der Waals surface area contributed by atoms with E-state index in [0.29, 0.717) is 10.5 Å². The van der Waals surface area contributed by atoms with Gasteiger partial charge in [-0.15, -0.1) is 0 Å². The van der Waals surface area contributed by atoms with Crippen molar-refractivity contribution < 1.29 is 10.0 Å². The van der Waals surface area contributed by atoms with E-state index in [1.807, 2.05) is 36.4 Å². The Hall–Kier alpha value is -7.99. The van der Waals surface area contributed by atoms with E-state index >= 15 is 0 Å². The monoisotopic (exact) mass is 1120 g/mol. The molecule has 0 amide bonds. The second kappa shape index (κ2) is 19.6. The molecule has 0 saturated heterocycles. The first-order chi connectivity index (χ1) is 39.7. The maximum atomic E-state index is 8.97. The van der Waals surface area contributed by atoms with Crippen molar-refractivity contribution in [3.63, 3.8) is 0 Å². The summed E-state index contributed by atoms with van der Waals surface area (Å²) >= 11 is 18.7. The Bertz CT molecular complexity index is 4470. The molecular weight excluding hydrogens is 1060 g/mol. The van der Waals surface area contributed by atoms with Gasteiger partial charge in [0.25, 0.3) is 0 Å². The van der Waals surface area contributed by atoms with Gasteiger partial charge < -0.3 is 10.0 Å². The first-order valence-corrected chi connectivity index (χ1v) is 29.1. The summed E-state index contributed by atoms with van der Waals surface area (Å²) in [5.74, 6) is 0. The summed E-state index contributed by atoms with van der Waals surface area (Å²) < 4.78 is 0. The van der Waals surface area contributed by atoms with Crippen LogP contribution in [0.5, 0.6) is 0 Å². The molecule has 396 valence electrons. The van der Waals surface area contributed by atoms with Crippen molar-refractivity contribution in [2.75, 3.05) is 0 Å². The van der Waals surface area contributed by atoms with Gasteiger partial charge in [0.15, 0.2) is 0 Å². The number of halogens is 3. The minimum absolute atomic E-state index is 0.0608. The average Bonchev–Trinajstić information content (AvgIpc) is 1.49. The lowest BCUT2D eigenvalue weighted by molar-refractivity contribution is 0.426. The molecule has 0 atom stereocenters. The largest absolute Gasteiger partial charge is 0.488 e. The summed E-state index contributed by atoms with van der Waals surface area (Å²) in [7, 11) is -1.42. The van der Waals surface area contributed by atoms with Crippen LogP contribution in [0.1, 0.15) is 94.5 Å². The minimum atomic E-state index is -1.42. The fraction of sp³-hybridized carbons (Fsp3) is 0.105. The summed E-state index contributed by atoms with van der Waals surface area (Å²) in [6.07, 6.45) is 0. The predicted molar refractivity (Wildman–Crippen MR) is 343 cm³/mol. The minimum Gasteiger partial charge on any atom is -0.423 e. The van der Waals surface area contributed by atoms with Crippen LogP contribution < -0.4 is 5.46 Å². The number of hydrogen-bond acceptors (Lipinski definition) is 2. The van der Waals surface area contributed by atoms with Gasteiger partial charge in [0.2, 0.25) is 0 Å². The molecular formula is C76H56BCl3O2. The molecule has 0 radical (unpaired) electrons. The van der Waals surface area contributed by atoms with Crippen LogP contribution >= 0.6 is 34.8 Å². The molecule has 2 nitrogen and oxygen atoms in total. The molecule has 0 saturated carbocycles. The Morgan fingerprint density at radius 2 is 0.573 bits per heavy atom. The molecule has 12 aromatic rings. The summed E-state index contributed by atoms with van der Waals surface area (Å²) in [6, 6.07) is 91.0. The SMILES string of the molecule is CC1(C)c2ccccc2C2(c3ccccc3-c3ccc(-c4ccc5cc(Cl)ccc5c4)cc32)c2ccccc21.CC1(C)c2ccccc2C2(c3ccccc3-c3ccc(Cl)cc32)c2ccccc21.OB(O)c1ccc2cc(Cl)ccc2c1. The number of benzene rings is 12. The highest BCUT2D eigenvalue weighted by Gasteiger charge is 2.55. The van der Waals surface area contributed by atoms with Crippen molar-refractivity contribution in [1.29, 1.82) is 0 Å². The molecule has 4 aliphatic carbocycles. The van der Waals surface area contributed by atoms with Gasteiger partial charge >= 0.3 is 7.12 Å². The van der Waals surface area contributed by atoms with Crippen LogP contribution in [0.15, 0.2) is 255 Å². The normalized spacial score (nSPS) is 15.0. The molecule has 16 rings (SSSR count). The van der Waals surface area contributed by atoms with Gasteiger partial charge in [-0.3, -0.25) is 0 Å². The van der Waals surface area contributed by atoms with Crippen LogP contribution in [0, 0.1) is 0 Å². The fourth-order valence-electron chi connectivity index (χ4n) is 14.7. The van der Waals surface area contributed by atoms with Crippen LogP contribution in [0.25, 0.3) is 54.9 Å². The van der Waals surface area contributed by atoms with Crippen molar-refractivity contribution in [3.8, 4) is 33.4 Å². The van der Waals surface area contributed by atoms with Crippen molar-refractivity contribution >= 4 is 68.9 Å². The topological polar surface area (TPSA) is 40.5 Å². The molecule has 12 aromatic carbocycles. The van der Waals surface area contributed by atoms with Crippen molar-refractivity contribution in [3.05, 3.63) is 337 Å². The van der Waals surface area contributed by atoms with Gasteiger partial charge in [0.1, 0.15) is 0 Å². The van der Waals surface area contributed by atoms with Crippen LogP contribution in [0.3, 0.4) is 0 Å². The van der Waals surface area contributed by atoms with Crippen LogP contribution in [-0.2, 0) is 21.7 Å². The van der Waals surface area contributed by atoms with Crippen LogP contribution in [0.4, 0.5) is 0 Å². The summed E-state index contributed by atoms with van der Waals surface area (Å²) in [4.78, 5) is 0. The summed E-state index contributed by atoms with van der Waals surface area (Å²) in [5, 5.41) is 24.5. The van der Waals surface area contributed by atoms with Gasteiger partial charge in [0, 0.05) is 25.9 Å². The maximum Gasteiger partial charge on any atom is 0.488 e. The third-order valence-corrected chi connectivity index (χ3v) is 19.0. The Labute approximate surface area is 495 Å². The average molecular weight is 1120 g/mol. The zero-order valence-electron chi connectivity index (χ0n) is 45.9. The number of hydrogen-bond donors (Lipinski definition) is 2. The lowest BCUT2D eigenvalue weighted by Crippen LogP contribution is -2.40. The Morgan fingerprint density at radius 3 is 1.04 bits per heavy atom. The quantitative estimate of drug-likeness (QED) is 0.169. The second-order valence-corrected chi connectivity index (χ2v) is 24.6. The lowest BCUT2D eigenvalue weighted by Gasteiger charge is -2.46. The molecule has 0 heterocycles. The molecule has 6 heteroatoms. The van der Waals surface area contributed by atoms with E-state index in [2.05, 4.69) is 228 Å². The molecule has 2 N–H and O–H groups in total. The van der Waals surface area contributed by atoms with E-state index in [1.54, 1.807) is 18.2 Å². The van der Waals surface area contributed by atoms with Gasteiger partial charge in [0.05, 0.1) is 10.8 Å². The van der Waals surface area contributed by atoms with E-state index in [9.17, 15) is 0 Å². The Morgan fingerprint density at radius 1 is 0.268 bits per heavy atom. The highest BCUT2D eigenvalue weighted by atomic mass is 35.5. The standard InChI is InChI=1S/C38H27Cl.C28H21Cl.C10H8BClO2/c1-37(2)32-11-5-7-13-34(32)38(35-14-8-6-12-33(35)37)31-10-4-3-9-29(31)30-20-18-27(23-36(30)38)24-15-16-26-22-28(39)19-17-25(26)21-24;1-27(2)22-11-5-7-13-24(22)28(25-14-8-6-12-23(25)27)21-10-4-3-9-19(21)20-16-15-18(29)17-26(20)28;12-10-4-2-7-5-9(11(13)14)3-1-8(7)6-10/h3-23H,1-2H3;3-17H,1-2H3;1-6,13-14H. The first kappa shape index (κ1) is 52.1. The van der Waals surface area contributed by atoms with E-state index < -0.39 is 7.12 Å². The fourth-order valence-corrected chi connectivity index (χ4v) is 15.2. The van der Waals surface area contributed by atoms with Crippen molar-refractivity contribution in [2.45, 2.75) is 49.4 Å². The summed E-state index contributed by atoms with van der Waals surface area (Å²) in [5.41, 5.74) is 23.8. The molecule has 0 aromatic heterocycles. The van der Waals surface area contributed by atoms with Gasteiger partial charge in [-0.1, -0.05) is 269 Å². The highest BCUT2D eigenvalue weighted by molar-refractivity contribution is 6.59. The Kier molecular flexibility index (Phi) is 12.5. The molecule has 0 unspecified atom stereocenters. The maximum absolute atomic E-state index is 8.97. The third kappa shape index (κ3) is 7.78. The van der Waals surface area contributed by atoms with E-state index in [-0.39, 0.29) is 21.7 Å². The Balaban J connectivity index is 0.000000122. The molecule has 0 bridgehead atoms. The smallest absolute Gasteiger partial charge is 0.423 e. The lowest BCUT2D eigenvalue weighted by atomic mass is 9.55. The van der Waals surface area contributed by atoms with E-state index in [0.717, 1.165) is 26.2 Å². The number of fused-ring (bicyclic) bond motifs is 20. The highest BCUT2D eigenvalue weighted by Crippen LogP contribution is 2.64. The molecule has 0 fully saturated rings. The van der Waals surface area contributed by atoms with E-state index in [1.165, 1.54) is 106 Å². The van der Waals surface area contributed by atoms with Gasteiger partial charge in [-0.25, -0.2) is 0 Å². The van der Waals surface area contributed by atoms with Crippen molar-refractivity contribution in [1.82, 2.24) is 0 Å². The third-order valence-electron chi connectivity index (χ3n) is 18.3. The molecule has 0 aliphatic heterocycles. The predicted octanol–water partition coefficient (Wildman–Crippen LogP) is 18.7. The van der Waals surface area contributed by atoms with Gasteiger partial charge in [-0.05, 0) is 176 Å². The second-order valence-electron chi connectivity index (χ2n) is 23.3. The van der Waals surface area contributed by atoms with Crippen LogP contribution in [-0.4, -0.2) is 17.2 Å². The van der Waals surface area contributed by atoms with E-state index in [4.69, 9.17) is 44.9 Å². The van der Waals surface area contributed by atoms with Crippen molar-refractivity contribution in [2.24, 2.45) is 0 Å². The number of rotatable bonds is 2. The summed E-state index contributed by atoms with van der Waals surface area (Å²) in [6.45, 7) is 9.43.